The number of aromatic nitrogens is 1. The summed E-state index contributed by atoms with van der Waals surface area (Å²) >= 11 is 1.27. The summed E-state index contributed by atoms with van der Waals surface area (Å²) in [5.41, 5.74) is 2.68. The van der Waals surface area contributed by atoms with E-state index >= 15 is 0 Å². The number of hydrogen-bond donors (Lipinski definition) is 2. The number of nitrogens with zero attached hydrogens (tertiary/aromatic N) is 1. The fourth-order valence-corrected chi connectivity index (χ4v) is 5.28. The molecule has 178 valence electrons. The number of aromatic amines is 1. The average molecular weight is 489 g/mol. The minimum Gasteiger partial charge on any atom is -0.503 e. The molecule has 0 bridgehead atoms. The molecular weight excluding hydrogens is 464 g/mol. The van der Waals surface area contributed by atoms with Gasteiger partial charge in [0.2, 0.25) is 5.78 Å². The smallest absolute Gasteiger partial charge is 0.290 e. The number of carbonyl (C=O) groups excluding carboxylic acids is 2. The minimum atomic E-state index is -0.770. The maximum absolute atomic E-state index is 13.4. The number of aliphatic hydroxyl groups excluding tert-OH is 1. The number of aliphatic hydroxyl groups is 1. The second kappa shape index (κ2) is 9.31. The highest BCUT2D eigenvalue weighted by Gasteiger charge is 2.44. The van der Waals surface area contributed by atoms with Gasteiger partial charge in [-0.05, 0) is 47.7 Å². The predicted molar refractivity (Wildman–Crippen MR) is 134 cm³/mol. The van der Waals surface area contributed by atoms with Gasteiger partial charge in [0.15, 0.2) is 5.76 Å². The lowest BCUT2D eigenvalue weighted by molar-refractivity contribution is -0.129. The number of ether oxygens (including phenoxy) is 2. The maximum atomic E-state index is 13.4. The zero-order valence-electron chi connectivity index (χ0n) is 19.3. The molecule has 0 radical (unpaired) electrons. The highest BCUT2D eigenvalue weighted by molar-refractivity contribution is 7.12. The molecule has 0 unspecified atom stereocenters. The Morgan fingerprint density at radius 2 is 1.94 bits per heavy atom. The molecular formula is C27H24N2O5S. The zero-order chi connectivity index (χ0) is 24.5. The molecule has 0 saturated carbocycles. The van der Waals surface area contributed by atoms with Crippen molar-refractivity contribution in [2.24, 2.45) is 0 Å². The summed E-state index contributed by atoms with van der Waals surface area (Å²) in [5, 5.41) is 13.7. The largest absolute Gasteiger partial charge is 0.503 e. The molecule has 8 heteroatoms. The number of benzene rings is 2. The van der Waals surface area contributed by atoms with Gasteiger partial charge in [0.25, 0.3) is 5.91 Å². The molecule has 0 aliphatic carbocycles. The molecule has 2 N–H and O–H groups in total. The highest BCUT2D eigenvalue weighted by Crippen LogP contribution is 2.42. The first-order valence-corrected chi connectivity index (χ1v) is 12.0. The number of thiophene rings is 1. The van der Waals surface area contributed by atoms with Gasteiger partial charge < -0.3 is 24.5 Å². The molecule has 0 fully saturated rings. The predicted octanol–water partition coefficient (Wildman–Crippen LogP) is 5.07. The van der Waals surface area contributed by atoms with Crippen LogP contribution in [0.25, 0.3) is 10.9 Å². The van der Waals surface area contributed by atoms with E-state index in [-0.39, 0.29) is 17.9 Å². The van der Waals surface area contributed by atoms with Crippen LogP contribution in [0, 0.1) is 0 Å². The van der Waals surface area contributed by atoms with Crippen molar-refractivity contribution in [1.82, 2.24) is 9.88 Å². The fourth-order valence-electron chi connectivity index (χ4n) is 4.60. The summed E-state index contributed by atoms with van der Waals surface area (Å²) in [7, 11) is 3.17. The lowest BCUT2D eigenvalue weighted by atomic mass is 9.94. The number of methoxy groups -OCH3 is 2. The summed E-state index contributed by atoms with van der Waals surface area (Å²) in [6.07, 6.45) is 2.42. The Morgan fingerprint density at radius 1 is 1.11 bits per heavy atom. The van der Waals surface area contributed by atoms with Crippen LogP contribution in [0.15, 0.2) is 77.5 Å². The Kier molecular flexibility index (Phi) is 6.05. The third-order valence-electron chi connectivity index (χ3n) is 6.32. The van der Waals surface area contributed by atoms with Gasteiger partial charge in [0.05, 0.1) is 30.7 Å². The van der Waals surface area contributed by atoms with Crippen molar-refractivity contribution < 1.29 is 24.2 Å². The van der Waals surface area contributed by atoms with Gasteiger partial charge in [-0.15, -0.1) is 11.3 Å². The van der Waals surface area contributed by atoms with Crippen LogP contribution in [-0.2, 0) is 11.2 Å². The fraction of sp³-hybridized carbons (Fsp3) is 0.185. The van der Waals surface area contributed by atoms with E-state index in [9.17, 15) is 14.7 Å². The number of fused-ring (bicyclic) bond motifs is 1. The Bertz CT molecular complexity index is 1440. The van der Waals surface area contributed by atoms with Crippen LogP contribution < -0.4 is 9.47 Å². The van der Waals surface area contributed by atoms with E-state index in [1.165, 1.54) is 11.3 Å². The van der Waals surface area contributed by atoms with Crippen molar-refractivity contribution in [1.29, 1.82) is 0 Å². The Labute approximate surface area is 206 Å². The van der Waals surface area contributed by atoms with E-state index in [4.69, 9.17) is 9.47 Å². The Balaban J connectivity index is 1.53. The average Bonchev–Trinajstić information content (AvgIpc) is 3.62. The van der Waals surface area contributed by atoms with Crippen molar-refractivity contribution in [3.8, 4) is 11.5 Å². The van der Waals surface area contributed by atoms with Crippen molar-refractivity contribution in [3.05, 3.63) is 93.5 Å². The molecule has 3 heterocycles. The van der Waals surface area contributed by atoms with E-state index in [0.717, 1.165) is 22.2 Å². The number of amides is 1. The van der Waals surface area contributed by atoms with Crippen molar-refractivity contribution in [2.45, 2.75) is 12.5 Å². The van der Waals surface area contributed by atoms with E-state index < -0.39 is 17.7 Å². The third kappa shape index (κ3) is 3.95. The van der Waals surface area contributed by atoms with Gasteiger partial charge in [0, 0.05) is 29.2 Å². The standard InChI is InChI=1S/C27H24N2O5S/c1-33-17-9-10-20-19(14-17)16(15-28-20)11-12-29-24(18-6-3-4-7-21(18)34-2)23(26(31)27(29)32)25(30)22-8-5-13-35-22/h3-10,13-15,24,28,31H,11-12H2,1-2H3/t24-/m0/s1. The first-order chi connectivity index (χ1) is 17.0. The quantitative estimate of drug-likeness (QED) is 0.338. The molecule has 5 rings (SSSR count). The van der Waals surface area contributed by atoms with Gasteiger partial charge in [-0.1, -0.05) is 24.3 Å². The molecule has 35 heavy (non-hydrogen) atoms. The molecule has 0 spiro atoms. The molecule has 4 aromatic rings. The van der Waals surface area contributed by atoms with Crippen LogP contribution >= 0.6 is 11.3 Å². The summed E-state index contributed by atoms with van der Waals surface area (Å²) in [6, 6.07) is 15.7. The number of hydrogen-bond acceptors (Lipinski definition) is 6. The highest BCUT2D eigenvalue weighted by atomic mass is 32.1. The molecule has 1 amide bonds. The number of nitrogens with one attached hydrogen (secondary N) is 1. The van der Waals surface area contributed by atoms with Crippen molar-refractivity contribution in [2.75, 3.05) is 20.8 Å². The number of para-hydroxylation sites is 1. The van der Waals surface area contributed by atoms with Crippen LogP contribution in [0.3, 0.4) is 0 Å². The zero-order valence-corrected chi connectivity index (χ0v) is 20.1. The van der Waals surface area contributed by atoms with Crippen molar-refractivity contribution in [3.63, 3.8) is 0 Å². The van der Waals surface area contributed by atoms with Crippen LogP contribution in [0.2, 0.25) is 0 Å². The van der Waals surface area contributed by atoms with Gasteiger partial charge in [-0.25, -0.2) is 0 Å². The Hall–Kier alpha value is -4.04. The normalized spacial score (nSPS) is 15.8. The second-order valence-corrected chi connectivity index (χ2v) is 9.13. The van der Waals surface area contributed by atoms with Gasteiger partial charge in [-0.2, -0.15) is 0 Å². The first kappa shape index (κ1) is 22.7. The number of H-pyrrole nitrogens is 1. The molecule has 2 aromatic heterocycles. The Morgan fingerprint density at radius 3 is 2.69 bits per heavy atom. The molecule has 1 aliphatic rings. The second-order valence-electron chi connectivity index (χ2n) is 8.19. The summed E-state index contributed by atoms with van der Waals surface area (Å²) in [5.74, 6) is -0.164. The number of ketones is 1. The summed E-state index contributed by atoms with van der Waals surface area (Å²) in [6.45, 7) is 0.289. The topological polar surface area (TPSA) is 91.9 Å². The van der Waals surface area contributed by atoms with E-state index in [2.05, 4.69) is 4.98 Å². The molecule has 7 nitrogen and oxygen atoms in total. The number of carbonyl (C=O) groups is 2. The van der Waals surface area contributed by atoms with E-state index in [1.54, 1.807) is 42.7 Å². The van der Waals surface area contributed by atoms with Crippen LogP contribution in [0.5, 0.6) is 11.5 Å². The van der Waals surface area contributed by atoms with Crippen LogP contribution in [0.4, 0.5) is 0 Å². The SMILES string of the molecule is COc1ccc2[nH]cc(CCN3C(=O)C(O)=C(C(=O)c4cccs4)[C@@H]3c3ccccc3OC)c2c1. The lowest BCUT2D eigenvalue weighted by Gasteiger charge is -2.28. The summed E-state index contributed by atoms with van der Waals surface area (Å²) < 4.78 is 10.9. The maximum Gasteiger partial charge on any atom is 0.290 e. The molecule has 2 aromatic carbocycles. The van der Waals surface area contributed by atoms with E-state index in [0.29, 0.717) is 22.6 Å². The minimum absolute atomic E-state index is 0.0718. The van der Waals surface area contributed by atoms with Crippen LogP contribution in [0.1, 0.15) is 26.8 Å². The first-order valence-electron chi connectivity index (χ1n) is 11.1. The number of rotatable bonds is 8. The molecule has 1 atom stereocenters. The van der Waals surface area contributed by atoms with E-state index in [1.807, 2.05) is 42.6 Å². The monoisotopic (exact) mass is 488 g/mol. The van der Waals surface area contributed by atoms with Crippen molar-refractivity contribution >= 4 is 33.9 Å². The summed E-state index contributed by atoms with van der Waals surface area (Å²) in [4.78, 5) is 32.0. The lowest BCUT2D eigenvalue weighted by Crippen LogP contribution is -2.33. The van der Waals surface area contributed by atoms with Gasteiger partial charge in [-0.3, -0.25) is 9.59 Å². The van der Waals surface area contributed by atoms with Gasteiger partial charge >= 0.3 is 0 Å². The van der Waals surface area contributed by atoms with Crippen LogP contribution in [-0.4, -0.2) is 47.4 Å². The molecule has 0 saturated heterocycles. The van der Waals surface area contributed by atoms with Gasteiger partial charge in [0.1, 0.15) is 11.5 Å². The number of Topliss-reactive ketones (excluding diaryl/α,β-unsaturated/α-hetero) is 1. The third-order valence-corrected chi connectivity index (χ3v) is 7.19. The molecule has 1 aliphatic heterocycles.